The van der Waals surface area contributed by atoms with Crippen LogP contribution in [0.2, 0.25) is 0 Å². The molecule has 0 spiro atoms. The van der Waals surface area contributed by atoms with Gasteiger partial charge in [-0.2, -0.15) is 0 Å². The van der Waals surface area contributed by atoms with Crippen molar-refractivity contribution in [1.29, 1.82) is 0 Å². The third kappa shape index (κ3) is 6.84. The molecule has 0 aromatic heterocycles. The van der Waals surface area contributed by atoms with Crippen LogP contribution in [0.1, 0.15) is 64.5 Å². The summed E-state index contributed by atoms with van der Waals surface area (Å²) >= 11 is 0. The first kappa shape index (κ1) is 26.3. The van der Waals surface area contributed by atoms with E-state index in [1.54, 1.807) is 0 Å². The summed E-state index contributed by atoms with van der Waals surface area (Å²) in [6.45, 7) is 9.74. The second-order valence-electron chi connectivity index (χ2n) is 10.8. The van der Waals surface area contributed by atoms with Gasteiger partial charge in [-0.05, 0) is 46.4 Å². The highest BCUT2D eigenvalue weighted by molar-refractivity contribution is 5.89. The van der Waals surface area contributed by atoms with Crippen LogP contribution in [-0.2, 0) is 14.3 Å². The molecular weight excluding hydrogens is 444 g/mol. The summed E-state index contributed by atoms with van der Waals surface area (Å²) in [5.74, 6) is -1.61. The van der Waals surface area contributed by atoms with E-state index in [-0.39, 0.29) is 30.3 Å². The van der Waals surface area contributed by atoms with E-state index >= 15 is 0 Å². The van der Waals surface area contributed by atoms with E-state index in [2.05, 4.69) is 22.8 Å². The third-order valence-electron chi connectivity index (χ3n) is 6.09. The monoisotopic (exact) mass is 480 g/mol. The Morgan fingerprint density at radius 2 is 1.46 bits per heavy atom. The molecule has 188 valence electrons. The molecule has 2 atom stereocenters. The maximum atomic E-state index is 13.0. The molecule has 2 amide bonds. The van der Waals surface area contributed by atoms with Crippen molar-refractivity contribution in [2.45, 2.75) is 65.5 Å². The Hall–Kier alpha value is -3.35. The van der Waals surface area contributed by atoms with Crippen molar-refractivity contribution in [3.8, 4) is 11.1 Å². The normalized spacial score (nSPS) is 14.6. The van der Waals surface area contributed by atoms with Crippen LogP contribution < -0.4 is 10.6 Å². The lowest BCUT2D eigenvalue weighted by Crippen LogP contribution is -2.53. The molecule has 0 saturated heterocycles. The molecule has 7 nitrogen and oxygen atoms in total. The number of carbonyl (C=O) groups is 3. The fourth-order valence-electron chi connectivity index (χ4n) is 4.57. The van der Waals surface area contributed by atoms with Crippen LogP contribution in [0.4, 0.5) is 4.79 Å². The van der Waals surface area contributed by atoms with E-state index in [0.717, 1.165) is 22.3 Å². The molecule has 3 rings (SSSR count). The number of rotatable bonds is 9. The molecule has 0 heterocycles. The number of aliphatic carboxylic acids is 1. The number of carboxylic acid groups (broad SMARTS) is 1. The minimum Gasteiger partial charge on any atom is -0.480 e. The van der Waals surface area contributed by atoms with Crippen molar-refractivity contribution in [2.24, 2.45) is 11.3 Å². The van der Waals surface area contributed by atoms with E-state index in [1.807, 2.05) is 71.0 Å². The molecule has 3 N–H and O–H groups in total. The van der Waals surface area contributed by atoms with Gasteiger partial charge < -0.3 is 20.5 Å². The predicted octanol–water partition coefficient (Wildman–Crippen LogP) is 4.95. The van der Waals surface area contributed by atoms with Crippen LogP contribution in [0, 0.1) is 11.3 Å². The summed E-state index contributed by atoms with van der Waals surface area (Å²) in [7, 11) is 0. The fraction of sp³-hybridized carbons (Fsp3) is 0.464. The summed E-state index contributed by atoms with van der Waals surface area (Å²) in [6.07, 6.45) is -0.0685. The number of carboxylic acids is 1. The van der Waals surface area contributed by atoms with Crippen LogP contribution in [0.25, 0.3) is 11.1 Å². The van der Waals surface area contributed by atoms with Gasteiger partial charge in [0, 0.05) is 5.92 Å². The summed E-state index contributed by atoms with van der Waals surface area (Å²) in [6, 6.07) is 14.2. The van der Waals surface area contributed by atoms with E-state index in [4.69, 9.17) is 4.74 Å². The average molecular weight is 481 g/mol. The summed E-state index contributed by atoms with van der Waals surface area (Å²) in [5.41, 5.74) is 4.18. The Bertz CT molecular complexity index is 1030. The Balaban J connectivity index is 1.67. The van der Waals surface area contributed by atoms with Crippen LogP contribution in [0.5, 0.6) is 0 Å². The lowest BCUT2D eigenvalue weighted by atomic mass is 9.88. The highest BCUT2D eigenvalue weighted by Gasteiger charge is 2.32. The van der Waals surface area contributed by atoms with Gasteiger partial charge in [0.2, 0.25) is 5.91 Å². The number of ether oxygens (including phenoxy) is 1. The van der Waals surface area contributed by atoms with Gasteiger partial charge in [0.05, 0.1) is 0 Å². The van der Waals surface area contributed by atoms with Crippen LogP contribution >= 0.6 is 0 Å². The molecule has 2 unspecified atom stereocenters. The van der Waals surface area contributed by atoms with Gasteiger partial charge in [0.15, 0.2) is 0 Å². The van der Waals surface area contributed by atoms with Crippen LogP contribution in [0.3, 0.4) is 0 Å². The number of carbonyl (C=O) groups excluding carboxylic acids is 2. The molecule has 0 radical (unpaired) electrons. The highest BCUT2D eigenvalue weighted by Crippen LogP contribution is 2.44. The molecule has 2 aromatic carbocycles. The summed E-state index contributed by atoms with van der Waals surface area (Å²) < 4.78 is 5.59. The molecule has 35 heavy (non-hydrogen) atoms. The highest BCUT2D eigenvalue weighted by atomic mass is 16.5. The number of fused-ring (bicyclic) bond motifs is 3. The number of alkyl carbamates (subject to hydrolysis) is 1. The van der Waals surface area contributed by atoms with Gasteiger partial charge in [-0.25, -0.2) is 9.59 Å². The third-order valence-corrected chi connectivity index (χ3v) is 6.09. The Labute approximate surface area is 207 Å². The lowest BCUT2D eigenvalue weighted by molar-refractivity contribution is -0.143. The van der Waals surface area contributed by atoms with Crippen LogP contribution in [0.15, 0.2) is 48.5 Å². The second-order valence-corrected chi connectivity index (χ2v) is 10.8. The molecule has 0 bridgehead atoms. The molecule has 0 aliphatic heterocycles. The van der Waals surface area contributed by atoms with Crippen LogP contribution in [-0.4, -0.2) is 41.8 Å². The number of amides is 2. The van der Waals surface area contributed by atoms with Gasteiger partial charge in [0.25, 0.3) is 0 Å². The maximum absolute atomic E-state index is 13.0. The summed E-state index contributed by atoms with van der Waals surface area (Å²) in [4.78, 5) is 37.4. The van der Waals surface area contributed by atoms with Gasteiger partial charge in [-0.3, -0.25) is 4.79 Å². The van der Waals surface area contributed by atoms with E-state index in [0.29, 0.717) is 6.42 Å². The largest absolute Gasteiger partial charge is 0.480 e. The first-order valence-electron chi connectivity index (χ1n) is 12.1. The Morgan fingerprint density at radius 3 is 1.94 bits per heavy atom. The quantitative estimate of drug-likeness (QED) is 0.471. The van der Waals surface area contributed by atoms with Crippen molar-refractivity contribution in [3.05, 3.63) is 59.7 Å². The zero-order valence-corrected chi connectivity index (χ0v) is 21.1. The summed E-state index contributed by atoms with van der Waals surface area (Å²) in [5, 5.41) is 14.8. The molecule has 2 aromatic rings. The minimum absolute atomic E-state index is 0.0892. The molecular formula is C28H36N2O5. The number of nitrogens with one attached hydrogen (secondary N) is 2. The molecule has 1 aliphatic rings. The van der Waals surface area contributed by atoms with Crippen molar-refractivity contribution < 1.29 is 24.2 Å². The zero-order valence-electron chi connectivity index (χ0n) is 21.1. The second kappa shape index (κ2) is 10.9. The Morgan fingerprint density at radius 1 is 0.914 bits per heavy atom. The number of benzene rings is 2. The topological polar surface area (TPSA) is 105 Å². The van der Waals surface area contributed by atoms with Gasteiger partial charge in [-0.15, -0.1) is 0 Å². The van der Waals surface area contributed by atoms with Crippen molar-refractivity contribution in [2.75, 3.05) is 6.61 Å². The Kier molecular flexibility index (Phi) is 8.20. The average Bonchev–Trinajstić information content (AvgIpc) is 3.09. The van der Waals surface area contributed by atoms with E-state index in [1.165, 1.54) is 0 Å². The van der Waals surface area contributed by atoms with Gasteiger partial charge in [0.1, 0.15) is 18.7 Å². The first-order chi connectivity index (χ1) is 16.5. The van der Waals surface area contributed by atoms with Crippen molar-refractivity contribution in [1.82, 2.24) is 10.6 Å². The van der Waals surface area contributed by atoms with E-state index in [9.17, 15) is 19.5 Å². The predicted molar refractivity (Wildman–Crippen MR) is 135 cm³/mol. The minimum atomic E-state index is -1.10. The smallest absolute Gasteiger partial charge is 0.407 e. The molecule has 1 aliphatic carbocycles. The van der Waals surface area contributed by atoms with Crippen molar-refractivity contribution in [3.63, 3.8) is 0 Å². The van der Waals surface area contributed by atoms with Gasteiger partial charge in [-0.1, -0.05) is 83.1 Å². The fourth-order valence-corrected chi connectivity index (χ4v) is 4.57. The number of hydrogen-bond acceptors (Lipinski definition) is 4. The molecule has 7 heteroatoms. The van der Waals surface area contributed by atoms with Crippen molar-refractivity contribution >= 4 is 18.0 Å². The van der Waals surface area contributed by atoms with Gasteiger partial charge >= 0.3 is 12.1 Å². The lowest BCUT2D eigenvalue weighted by Gasteiger charge is -2.26. The zero-order chi connectivity index (χ0) is 25.8. The van der Waals surface area contributed by atoms with E-state index < -0.39 is 30.1 Å². The SMILES string of the molecule is CC(C)CC(NC(=O)OCC1c2ccccc2-c2ccccc21)C(=O)NC(CC(C)(C)C)C(=O)O. The maximum Gasteiger partial charge on any atom is 0.407 e. The molecule has 0 fully saturated rings. The first-order valence-corrected chi connectivity index (χ1v) is 12.1. The standard InChI is InChI=1S/C28H36N2O5/c1-17(2)14-23(25(31)29-24(26(32)33)15-28(3,4)5)30-27(34)35-16-22-20-12-8-6-10-18(20)19-11-7-9-13-21(19)22/h6-13,17,22-24H,14-16H2,1-5H3,(H,29,31)(H,30,34)(H,32,33). The number of hydrogen-bond donors (Lipinski definition) is 3. The molecule has 0 saturated carbocycles.